The van der Waals surface area contributed by atoms with Gasteiger partial charge in [-0.25, -0.2) is 9.78 Å². The van der Waals surface area contributed by atoms with Crippen LogP contribution in [0.2, 0.25) is 0 Å². The van der Waals surface area contributed by atoms with E-state index in [1.54, 1.807) is 0 Å². The molecule has 186 valence electrons. The van der Waals surface area contributed by atoms with Gasteiger partial charge in [0, 0.05) is 32.4 Å². The highest BCUT2D eigenvalue weighted by Gasteiger charge is 2.40. The van der Waals surface area contributed by atoms with E-state index in [1.807, 2.05) is 0 Å². The second-order valence-electron chi connectivity index (χ2n) is 9.95. The molecule has 3 rings (SSSR count). The summed E-state index contributed by atoms with van der Waals surface area (Å²) in [5, 5.41) is 3.10. The lowest BCUT2D eigenvalue weighted by Crippen LogP contribution is -2.41. The van der Waals surface area contributed by atoms with Crippen LogP contribution in [-0.2, 0) is 24.3 Å². The fourth-order valence-electron chi connectivity index (χ4n) is 5.05. The summed E-state index contributed by atoms with van der Waals surface area (Å²) in [4.78, 5) is 37.5. The molecule has 0 aromatic heterocycles. The highest BCUT2D eigenvalue weighted by atomic mass is 17.3. The topological polar surface area (TPSA) is 69.3 Å². The maximum atomic E-state index is 12.4. The summed E-state index contributed by atoms with van der Waals surface area (Å²) in [7, 11) is 0. The van der Waals surface area contributed by atoms with Gasteiger partial charge in [0.1, 0.15) is 0 Å². The van der Waals surface area contributed by atoms with Gasteiger partial charge in [-0.2, -0.15) is 9.78 Å². The lowest BCUT2D eigenvalue weighted by molar-refractivity contribution is -0.518. The zero-order valence-electron chi connectivity index (χ0n) is 20.1. The minimum atomic E-state index is -0.834. The van der Waals surface area contributed by atoms with Crippen molar-refractivity contribution in [2.45, 2.75) is 109 Å². The summed E-state index contributed by atoms with van der Waals surface area (Å²) in [5.74, 6) is -0.308. The first-order valence-electron chi connectivity index (χ1n) is 13.4. The van der Waals surface area contributed by atoms with Gasteiger partial charge in [-0.3, -0.25) is 4.79 Å². The van der Waals surface area contributed by atoms with Crippen LogP contribution in [0.25, 0.3) is 0 Å². The van der Waals surface area contributed by atoms with Gasteiger partial charge in [0.25, 0.3) is 0 Å². The number of hydrogen-bond acceptors (Lipinski definition) is 6. The molecule has 1 amide bonds. The molecular formula is C25H46N2O5. The Hall–Kier alpha value is -0.730. The summed E-state index contributed by atoms with van der Waals surface area (Å²) < 4.78 is 0. The highest BCUT2D eigenvalue weighted by Crippen LogP contribution is 2.38. The van der Waals surface area contributed by atoms with Crippen LogP contribution in [0.5, 0.6) is 0 Å². The van der Waals surface area contributed by atoms with Gasteiger partial charge < -0.3 is 10.2 Å². The smallest absolute Gasteiger partial charge is 0.234 e. The van der Waals surface area contributed by atoms with E-state index in [4.69, 9.17) is 19.6 Å². The summed E-state index contributed by atoms with van der Waals surface area (Å²) in [5.41, 5.74) is 0. The average molecular weight is 455 g/mol. The molecule has 1 N–H and O–H groups in total. The summed E-state index contributed by atoms with van der Waals surface area (Å²) in [6.07, 6.45) is 17.2. The predicted molar refractivity (Wildman–Crippen MR) is 124 cm³/mol. The fraction of sp³-hybridized carbons (Fsp3) is 0.960. The third-order valence-corrected chi connectivity index (χ3v) is 7.17. The number of amides is 1. The zero-order valence-corrected chi connectivity index (χ0v) is 20.1. The molecule has 0 radical (unpaired) electrons. The Morgan fingerprint density at radius 1 is 0.781 bits per heavy atom. The number of carbonyl (C=O) groups is 1. The van der Waals surface area contributed by atoms with Gasteiger partial charge >= 0.3 is 0 Å². The highest BCUT2D eigenvalue weighted by molar-refractivity contribution is 5.76. The SMILES string of the molecule is O=C(CC1CCC2(CC1)OOCCCCCCCCCCCOO2)NCCN1CCCC1. The van der Waals surface area contributed by atoms with Crippen molar-refractivity contribution in [3.63, 3.8) is 0 Å². The van der Waals surface area contributed by atoms with Crippen LogP contribution in [0.15, 0.2) is 0 Å². The molecule has 2 heterocycles. The third kappa shape index (κ3) is 10.0. The van der Waals surface area contributed by atoms with Gasteiger partial charge in [-0.05, 0) is 57.5 Å². The number of likely N-dealkylation sites (tertiary alicyclic amines) is 1. The minimum Gasteiger partial charge on any atom is -0.355 e. The zero-order chi connectivity index (χ0) is 22.3. The van der Waals surface area contributed by atoms with Gasteiger partial charge in [-0.1, -0.05) is 44.9 Å². The summed E-state index contributed by atoms with van der Waals surface area (Å²) in [6, 6.07) is 0. The Morgan fingerprint density at radius 2 is 1.31 bits per heavy atom. The van der Waals surface area contributed by atoms with Crippen LogP contribution in [0, 0.1) is 5.92 Å². The van der Waals surface area contributed by atoms with Crippen LogP contribution in [-0.4, -0.2) is 56.0 Å². The molecule has 0 aromatic carbocycles. The lowest BCUT2D eigenvalue weighted by Gasteiger charge is -2.36. The molecule has 1 spiro atoms. The van der Waals surface area contributed by atoms with Crippen LogP contribution in [0.3, 0.4) is 0 Å². The molecule has 3 aliphatic rings. The predicted octanol–water partition coefficient (Wildman–Crippen LogP) is 4.90. The van der Waals surface area contributed by atoms with Gasteiger partial charge in [0.2, 0.25) is 11.7 Å². The molecule has 2 saturated heterocycles. The Labute approximate surface area is 194 Å². The van der Waals surface area contributed by atoms with E-state index in [9.17, 15) is 4.79 Å². The monoisotopic (exact) mass is 454 g/mol. The molecule has 0 unspecified atom stereocenters. The Balaban J connectivity index is 1.36. The van der Waals surface area contributed by atoms with Crippen molar-refractivity contribution >= 4 is 5.91 Å². The normalized spacial score (nSPS) is 25.6. The van der Waals surface area contributed by atoms with E-state index in [1.165, 1.54) is 70.9 Å². The van der Waals surface area contributed by atoms with Gasteiger partial charge in [0.05, 0.1) is 13.2 Å². The second-order valence-corrected chi connectivity index (χ2v) is 9.95. The first kappa shape index (κ1) is 25.9. The van der Waals surface area contributed by atoms with Crippen molar-refractivity contribution in [2.75, 3.05) is 39.4 Å². The van der Waals surface area contributed by atoms with Crippen LogP contribution < -0.4 is 5.32 Å². The van der Waals surface area contributed by atoms with E-state index in [2.05, 4.69) is 10.2 Å². The standard InChI is InChI=1S/C25H46N2O5/c28-24(26-16-19-27-17-8-9-18-27)22-23-12-14-25(15-13-23)31-29-20-10-6-4-2-1-3-5-7-11-21-30-32-25/h23H,1-22H2,(H,26,28). The molecule has 0 bridgehead atoms. The van der Waals surface area contributed by atoms with Crippen molar-refractivity contribution < 1.29 is 24.3 Å². The maximum absolute atomic E-state index is 12.4. The van der Waals surface area contributed by atoms with E-state index >= 15 is 0 Å². The van der Waals surface area contributed by atoms with E-state index in [0.29, 0.717) is 38.4 Å². The first-order chi connectivity index (χ1) is 15.8. The van der Waals surface area contributed by atoms with Crippen molar-refractivity contribution in [2.24, 2.45) is 5.92 Å². The van der Waals surface area contributed by atoms with Crippen LogP contribution in [0.1, 0.15) is 103 Å². The number of hydrogen-bond donors (Lipinski definition) is 1. The Kier molecular flexibility index (Phi) is 12.3. The van der Waals surface area contributed by atoms with Crippen molar-refractivity contribution in [3.05, 3.63) is 0 Å². The largest absolute Gasteiger partial charge is 0.355 e. The molecule has 7 heteroatoms. The van der Waals surface area contributed by atoms with E-state index < -0.39 is 5.79 Å². The van der Waals surface area contributed by atoms with Crippen molar-refractivity contribution in [1.29, 1.82) is 0 Å². The number of nitrogens with zero attached hydrogens (tertiary/aromatic N) is 1. The lowest BCUT2D eigenvalue weighted by atomic mass is 9.83. The molecule has 32 heavy (non-hydrogen) atoms. The van der Waals surface area contributed by atoms with Gasteiger partial charge in [-0.15, -0.1) is 0 Å². The molecule has 1 aliphatic carbocycles. The fourth-order valence-corrected chi connectivity index (χ4v) is 5.05. The number of rotatable bonds is 5. The number of nitrogens with one attached hydrogen (secondary N) is 1. The average Bonchev–Trinajstić information content (AvgIpc) is 3.31. The molecule has 0 aromatic rings. The molecular weight excluding hydrogens is 408 g/mol. The Bertz CT molecular complexity index is 487. The van der Waals surface area contributed by atoms with Crippen LogP contribution >= 0.6 is 0 Å². The Morgan fingerprint density at radius 3 is 1.88 bits per heavy atom. The molecule has 1 saturated carbocycles. The third-order valence-electron chi connectivity index (χ3n) is 7.17. The summed E-state index contributed by atoms with van der Waals surface area (Å²) in [6.45, 7) is 5.25. The molecule has 3 fully saturated rings. The second kappa shape index (κ2) is 15.2. The van der Waals surface area contributed by atoms with E-state index in [-0.39, 0.29) is 5.91 Å². The first-order valence-corrected chi connectivity index (χ1v) is 13.4. The number of carbonyl (C=O) groups excluding carboxylic acids is 1. The van der Waals surface area contributed by atoms with Crippen molar-refractivity contribution in [1.82, 2.24) is 10.2 Å². The molecule has 0 atom stereocenters. The quantitative estimate of drug-likeness (QED) is 0.596. The maximum Gasteiger partial charge on any atom is 0.234 e. The van der Waals surface area contributed by atoms with Crippen molar-refractivity contribution in [3.8, 4) is 0 Å². The minimum absolute atomic E-state index is 0.164. The van der Waals surface area contributed by atoms with Gasteiger partial charge in [0.15, 0.2) is 0 Å². The molecule has 7 nitrogen and oxygen atoms in total. The molecule has 2 aliphatic heterocycles. The van der Waals surface area contributed by atoms with Crippen LogP contribution in [0.4, 0.5) is 0 Å². The van der Waals surface area contributed by atoms with E-state index in [0.717, 1.165) is 38.8 Å². The summed E-state index contributed by atoms with van der Waals surface area (Å²) >= 11 is 0.